The Morgan fingerprint density at radius 3 is 2.43 bits per heavy atom. The lowest BCUT2D eigenvalue weighted by Gasteiger charge is -2.55. The van der Waals surface area contributed by atoms with Crippen LogP contribution in [-0.2, 0) is 16.9 Å². The number of fused-ring (bicyclic) bond motifs is 2. The monoisotopic (exact) mass is 538 g/mol. The second-order valence-corrected chi connectivity index (χ2v) is 9.95. The molecule has 1 aliphatic carbocycles. The number of aromatic nitrogens is 1. The van der Waals surface area contributed by atoms with Gasteiger partial charge < -0.3 is 24.8 Å². The quantitative estimate of drug-likeness (QED) is 0.606. The van der Waals surface area contributed by atoms with Crippen LogP contribution in [0.3, 0.4) is 0 Å². The van der Waals surface area contributed by atoms with Crippen molar-refractivity contribution in [2.24, 2.45) is 5.92 Å². The normalized spacial score (nSPS) is 20.2. The van der Waals surface area contributed by atoms with E-state index in [2.05, 4.69) is 5.32 Å². The molecule has 9 nitrogen and oxygen atoms in total. The standard InChI is InChI=1S/C25H28F2N4O5.ClH/c1-13(2)30-12-25(8-15(9-25)23(35)29(3)4)31-11-17(20(32)21(33)19(31)24(30)36)22(34)28-10-14-5-6-16(26)7-18(14)27;/h5-7,11,13,15,33H,8-10,12H2,1-4H3,(H,28,34);1H. The Bertz CT molecular complexity index is 1320. The van der Waals surface area contributed by atoms with E-state index < -0.39 is 45.7 Å². The van der Waals surface area contributed by atoms with Gasteiger partial charge in [-0.1, -0.05) is 6.07 Å². The number of hydrogen-bond acceptors (Lipinski definition) is 5. The van der Waals surface area contributed by atoms with Gasteiger partial charge in [0.05, 0.1) is 5.54 Å². The van der Waals surface area contributed by atoms with Gasteiger partial charge in [-0.2, -0.15) is 0 Å². The average Bonchev–Trinajstić information content (AvgIpc) is 2.78. The molecule has 1 aliphatic heterocycles. The summed E-state index contributed by atoms with van der Waals surface area (Å²) in [6, 6.07) is 2.67. The third-order valence-corrected chi connectivity index (χ3v) is 6.99. The molecule has 0 bridgehead atoms. The molecule has 37 heavy (non-hydrogen) atoms. The Kier molecular flexibility index (Phi) is 7.69. The Morgan fingerprint density at radius 1 is 1.22 bits per heavy atom. The fourth-order valence-corrected chi connectivity index (χ4v) is 5.02. The van der Waals surface area contributed by atoms with E-state index in [4.69, 9.17) is 0 Å². The highest BCUT2D eigenvalue weighted by atomic mass is 35.5. The maximum atomic E-state index is 14.0. The van der Waals surface area contributed by atoms with Gasteiger partial charge in [-0.05, 0) is 32.8 Å². The zero-order chi connectivity index (χ0) is 26.5. The average molecular weight is 539 g/mol. The number of pyridine rings is 1. The molecular weight excluding hydrogens is 510 g/mol. The van der Waals surface area contributed by atoms with Crippen LogP contribution < -0.4 is 10.7 Å². The number of halogens is 3. The highest BCUT2D eigenvalue weighted by Crippen LogP contribution is 2.49. The largest absolute Gasteiger partial charge is 0.503 e. The lowest BCUT2D eigenvalue weighted by Crippen LogP contribution is -2.63. The summed E-state index contributed by atoms with van der Waals surface area (Å²) in [6.07, 6.45) is 1.95. The van der Waals surface area contributed by atoms with Crippen LogP contribution in [0.4, 0.5) is 8.78 Å². The van der Waals surface area contributed by atoms with Gasteiger partial charge >= 0.3 is 0 Å². The van der Waals surface area contributed by atoms with Crippen molar-refractivity contribution in [2.75, 3.05) is 20.6 Å². The van der Waals surface area contributed by atoms with E-state index in [1.807, 2.05) is 13.8 Å². The van der Waals surface area contributed by atoms with E-state index in [1.54, 1.807) is 19.0 Å². The van der Waals surface area contributed by atoms with Crippen LogP contribution in [0.1, 0.15) is 53.1 Å². The summed E-state index contributed by atoms with van der Waals surface area (Å²) in [4.78, 5) is 54.6. The molecule has 2 aromatic rings. The zero-order valence-electron chi connectivity index (χ0n) is 20.9. The predicted octanol–water partition coefficient (Wildman–Crippen LogP) is 2.24. The first kappa shape index (κ1) is 28.1. The molecule has 0 saturated heterocycles. The number of nitrogens with one attached hydrogen (secondary N) is 1. The number of aromatic hydroxyl groups is 1. The first-order chi connectivity index (χ1) is 16.9. The van der Waals surface area contributed by atoms with Crippen molar-refractivity contribution in [1.29, 1.82) is 0 Å². The second kappa shape index (κ2) is 10.1. The van der Waals surface area contributed by atoms with Crippen LogP contribution in [-0.4, -0.2) is 63.9 Å². The van der Waals surface area contributed by atoms with E-state index in [-0.39, 0.29) is 54.6 Å². The molecule has 2 aliphatic rings. The molecule has 4 rings (SSSR count). The topological polar surface area (TPSA) is 112 Å². The number of benzene rings is 1. The number of amides is 3. The van der Waals surface area contributed by atoms with Crippen LogP contribution >= 0.6 is 12.4 Å². The SMILES string of the molecule is CC(C)N1CC2(CC(C(=O)N(C)C)C2)n2cc(C(=O)NCc3ccc(F)cc3F)c(=O)c(O)c2C1=O.Cl. The maximum absolute atomic E-state index is 14.0. The molecule has 3 amide bonds. The predicted molar refractivity (Wildman–Crippen MR) is 133 cm³/mol. The summed E-state index contributed by atoms with van der Waals surface area (Å²) in [5.41, 5.74) is -2.46. The van der Waals surface area contributed by atoms with Gasteiger partial charge in [-0.3, -0.25) is 19.2 Å². The van der Waals surface area contributed by atoms with Crippen molar-refractivity contribution in [3.8, 4) is 5.75 Å². The molecule has 1 saturated carbocycles. The van der Waals surface area contributed by atoms with E-state index >= 15 is 0 Å². The molecule has 0 atom stereocenters. The molecule has 2 heterocycles. The van der Waals surface area contributed by atoms with Crippen molar-refractivity contribution < 1.29 is 28.3 Å². The fraction of sp³-hybridized carbons (Fsp3) is 0.440. The van der Waals surface area contributed by atoms with Gasteiger partial charge in [-0.25, -0.2) is 8.78 Å². The minimum Gasteiger partial charge on any atom is -0.503 e. The lowest BCUT2D eigenvalue weighted by molar-refractivity contribution is -0.141. The van der Waals surface area contributed by atoms with Gasteiger partial charge in [0.25, 0.3) is 11.8 Å². The third kappa shape index (κ3) is 4.79. The summed E-state index contributed by atoms with van der Waals surface area (Å²) >= 11 is 0. The summed E-state index contributed by atoms with van der Waals surface area (Å²) in [5, 5.41) is 13.2. The van der Waals surface area contributed by atoms with Crippen LogP contribution in [0.15, 0.2) is 29.2 Å². The molecule has 1 spiro atoms. The number of carbonyl (C=O) groups excluding carboxylic acids is 3. The van der Waals surface area contributed by atoms with Crippen molar-refractivity contribution >= 4 is 30.1 Å². The molecule has 0 radical (unpaired) electrons. The first-order valence-electron chi connectivity index (χ1n) is 11.6. The third-order valence-electron chi connectivity index (χ3n) is 6.99. The summed E-state index contributed by atoms with van der Waals surface area (Å²) in [6.45, 7) is 3.55. The summed E-state index contributed by atoms with van der Waals surface area (Å²) < 4.78 is 28.6. The Labute approximate surface area is 218 Å². The summed E-state index contributed by atoms with van der Waals surface area (Å²) in [7, 11) is 3.31. The summed E-state index contributed by atoms with van der Waals surface area (Å²) in [5.74, 6) is -4.29. The van der Waals surface area contributed by atoms with Crippen molar-refractivity contribution in [2.45, 2.75) is 44.8 Å². The Morgan fingerprint density at radius 2 is 1.86 bits per heavy atom. The molecule has 200 valence electrons. The lowest BCUT2D eigenvalue weighted by atomic mass is 9.65. The number of rotatable bonds is 5. The van der Waals surface area contributed by atoms with Crippen molar-refractivity contribution in [3.63, 3.8) is 0 Å². The van der Waals surface area contributed by atoms with E-state index in [0.717, 1.165) is 6.07 Å². The second-order valence-electron chi connectivity index (χ2n) is 9.95. The van der Waals surface area contributed by atoms with Gasteiger partial charge in [-0.15, -0.1) is 12.4 Å². The van der Waals surface area contributed by atoms with Crippen LogP contribution in [0.25, 0.3) is 0 Å². The van der Waals surface area contributed by atoms with Gasteiger partial charge in [0.1, 0.15) is 17.2 Å². The molecule has 2 N–H and O–H groups in total. The van der Waals surface area contributed by atoms with Crippen molar-refractivity contribution in [1.82, 2.24) is 19.7 Å². The maximum Gasteiger partial charge on any atom is 0.274 e. The zero-order valence-corrected chi connectivity index (χ0v) is 21.7. The number of hydrogen-bond donors (Lipinski definition) is 2. The molecule has 1 fully saturated rings. The molecule has 1 aromatic heterocycles. The number of nitrogens with zero attached hydrogens (tertiary/aromatic N) is 3. The van der Waals surface area contributed by atoms with Gasteiger partial charge in [0.15, 0.2) is 11.4 Å². The van der Waals surface area contributed by atoms with Crippen molar-refractivity contribution in [3.05, 3.63) is 63.1 Å². The highest BCUT2D eigenvalue weighted by Gasteiger charge is 2.55. The van der Waals surface area contributed by atoms with Gasteiger partial charge in [0.2, 0.25) is 11.3 Å². The molecule has 1 aromatic carbocycles. The van der Waals surface area contributed by atoms with Crippen LogP contribution in [0.5, 0.6) is 5.75 Å². The minimum atomic E-state index is -1.03. The van der Waals surface area contributed by atoms with E-state index in [1.165, 1.54) is 21.7 Å². The molecule has 12 heteroatoms. The van der Waals surface area contributed by atoms with Gasteiger partial charge in [0, 0.05) is 57.0 Å². The fourth-order valence-electron chi connectivity index (χ4n) is 5.02. The highest BCUT2D eigenvalue weighted by molar-refractivity contribution is 5.99. The van der Waals surface area contributed by atoms with Crippen LogP contribution in [0.2, 0.25) is 0 Å². The Hall–Kier alpha value is -3.47. The van der Waals surface area contributed by atoms with E-state index in [0.29, 0.717) is 18.9 Å². The van der Waals surface area contributed by atoms with Crippen LogP contribution in [0, 0.1) is 17.6 Å². The molecule has 0 unspecified atom stereocenters. The smallest absolute Gasteiger partial charge is 0.274 e. The first-order valence-corrected chi connectivity index (χ1v) is 11.6. The molecular formula is C25H29ClF2N4O5. The Balaban J connectivity index is 0.00000380. The number of carbonyl (C=O) groups is 3. The van der Waals surface area contributed by atoms with E-state index in [9.17, 15) is 33.1 Å². The minimum absolute atomic E-state index is 0.